The van der Waals surface area contributed by atoms with Gasteiger partial charge >= 0.3 is 0 Å². The number of rotatable bonds is 4. The molecule has 0 unspecified atom stereocenters. The van der Waals surface area contributed by atoms with Crippen molar-refractivity contribution in [3.8, 4) is 0 Å². The van der Waals surface area contributed by atoms with Gasteiger partial charge in [-0.2, -0.15) is 0 Å². The minimum atomic E-state index is -0.397. The highest BCUT2D eigenvalue weighted by Crippen LogP contribution is 2.25. The third-order valence-corrected chi connectivity index (χ3v) is 4.78. The van der Waals surface area contributed by atoms with Gasteiger partial charge in [-0.15, -0.1) is 0 Å². The summed E-state index contributed by atoms with van der Waals surface area (Å²) in [6.45, 7) is 1.31. The number of amides is 1. The molecule has 4 rings (SSSR count). The molecule has 0 spiro atoms. The fourth-order valence-corrected chi connectivity index (χ4v) is 3.22. The normalized spacial score (nSPS) is 17.1. The largest absolute Gasteiger partial charge is 0.442 e. The lowest BCUT2D eigenvalue weighted by molar-refractivity contribution is -0.0350. The number of nitrogens with zero attached hydrogens (tertiary/aromatic N) is 3. The van der Waals surface area contributed by atoms with Crippen LogP contribution in [-0.4, -0.2) is 40.5 Å². The number of hydrogen-bond acceptors (Lipinski definition) is 5. The summed E-state index contributed by atoms with van der Waals surface area (Å²) in [6.07, 6.45) is 3.45. The molecule has 3 aromatic rings. The van der Waals surface area contributed by atoms with Crippen molar-refractivity contribution in [1.29, 1.82) is 0 Å². The van der Waals surface area contributed by atoms with E-state index in [2.05, 4.69) is 9.97 Å². The molecule has 0 bridgehead atoms. The van der Waals surface area contributed by atoms with Gasteiger partial charge in [-0.25, -0.2) is 4.98 Å². The van der Waals surface area contributed by atoms with Gasteiger partial charge in [0.15, 0.2) is 6.10 Å². The van der Waals surface area contributed by atoms with Crippen LogP contribution in [0.5, 0.6) is 0 Å². The van der Waals surface area contributed by atoms with Crippen LogP contribution in [0.1, 0.15) is 33.8 Å². The van der Waals surface area contributed by atoms with E-state index < -0.39 is 6.10 Å². The van der Waals surface area contributed by atoms with Gasteiger partial charge < -0.3 is 14.1 Å². The van der Waals surface area contributed by atoms with Gasteiger partial charge in [0.2, 0.25) is 5.89 Å². The van der Waals surface area contributed by atoms with Crippen LogP contribution in [0.25, 0.3) is 0 Å². The summed E-state index contributed by atoms with van der Waals surface area (Å²) >= 11 is 6.20. The first kappa shape index (κ1) is 17.7. The second-order valence-electron chi connectivity index (χ2n) is 6.26. The number of aromatic nitrogens is 2. The van der Waals surface area contributed by atoms with Crippen molar-refractivity contribution in [2.75, 3.05) is 19.7 Å². The van der Waals surface area contributed by atoms with Crippen LogP contribution in [0.2, 0.25) is 5.02 Å². The minimum absolute atomic E-state index is 0.119. The number of pyridine rings is 1. The summed E-state index contributed by atoms with van der Waals surface area (Å²) in [5.41, 5.74) is 1.39. The van der Waals surface area contributed by atoms with E-state index in [9.17, 15) is 4.79 Å². The van der Waals surface area contributed by atoms with Gasteiger partial charge in [-0.3, -0.25) is 9.78 Å². The van der Waals surface area contributed by atoms with Crippen LogP contribution in [0.4, 0.5) is 0 Å². The SMILES string of the molecule is O=C(c1ccccn1)N1CCO[C@@H](c2ncc(Cc3ccccc3Cl)o2)C1. The Morgan fingerprint density at radius 3 is 2.85 bits per heavy atom. The summed E-state index contributed by atoms with van der Waals surface area (Å²) in [6, 6.07) is 12.9. The molecule has 0 radical (unpaired) electrons. The number of morpholine rings is 1. The lowest BCUT2D eigenvalue weighted by Gasteiger charge is -2.31. The molecule has 2 aromatic heterocycles. The molecule has 1 aromatic carbocycles. The van der Waals surface area contributed by atoms with E-state index in [1.807, 2.05) is 24.3 Å². The number of hydrogen-bond donors (Lipinski definition) is 0. The Morgan fingerprint density at radius 1 is 1.19 bits per heavy atom. The first-order valence-electron chi connectivity index (χ1n) is 8.70. The van der Waals surface area contributed by atoms with Crippen LogP contribution >= 0.6 is 11.6 Å². The van der Waals surface area contributed by atoms with Crippen molar-refractivity contribution in [1.82, 2.24) is 14.9 Å². The smallest absolute Gasteiger partial charge is 0.272 e. The van der Waals surface area contributed by atoms with Crippen LogP contribution in [0.3, 0.4) is 0 Å². The van der Waals surface area contributed by atoms with E-state index in [4.69, 9.17) is 20.8 Å². The summed E-state index contributed by atoms with van der Waals surface area (Å²) in [5, 5.41) is 0.691. The Morgan fingerprint density at radius 2 is 2.04 bits per heavy atom. The second-order valence-corrected chi connectivity index (χ2v) is 6.67. The van der Waals surface area contributed by atoms with Crippen LogP contribution in [0, 0.1) is 0 Å². The van der Waals surface area contributed by atoms with E-state index in [0.29, 0.717) is 48.5 Å². The molecule has 1 fully saturated rings. The lowest BCUT2D eigenvalue weighted by Crippen LogP contribution is -2.42. The van der Waals surface area contributed by atoms with Crippen molar-refractivity contribution < 1.29 is 13.9 Å². The Hall–Kier alpha value is -2.70. The number of halogens is 1. The number of ether oxygens (including phenoxy) is 1. The van der Waals surface area contributed by atoms with Crippen molar-refractivity contribution in [2.45, 2.75) is 12.5 Å². The van der Waals surface area contributed by atoms with E-state index >= 15 is 0 Å². The third kappa shape index (κ3) is 4.02. The quantitative estimate of drug-likeness (QED) is 0.689. The van der Waals surface area contributed by atoms with E-state index in [1.165, 1.54) is 0 Å². The molecular weight excluding hydrogens is 366 g/mol. The molecule has 1 aliphatic heterocycles. The number of carbonyl (C=O) groups excluding carboxylic acids is 1. The maximum absolute atomic E-state index is 12.6. The van der Waals surface area contributed by atoms with E-state index in [0.717, 1.165) is 5.56 Å². The molecule has 6 nitrogen and oxygen atoms in total. The third-order valence-electron chi connectivity index (χ3n) is 4.41. The number of benzene rings is 1. The highest BCUT2D eigenvalue weighted by atomic mass is 35.5. The molecule has 138 valence electrons. The van der Waals surface area contributed by atoms with Crippen molar-refractivity contribution >= 4 is 17.5 Å². The molecule has 3 heterocycles. The predicted molar refractivity (Wildman–Crippen MR) is 99.6 cm³/mol. The molecule has 0 saturated carbocycles. The highest BCUT2D eigenvalue weighted by Gasteiger charge is 2.29. The standard InChI is InChI=1S/C20H18ClN3O3/c21-16-6-2-1-5-14(16)11-15-12-23-19(27-15)18-13-24(9-10-26-18)20(25)17-7-3-4-8-22-17/h1-8,12,18H,9-11,13H2/t18-/m1/s1. The molecule has 7 heteroatoms. The van der Waals surface area contributed by atoms with Crippen molar-refractivity contribution in [2.24, 2.45) is 0 Å². The summed E-state index contributed by atoms with van der Waals surface area (Å²) in [5.74, 6) is 1.05. The maximum Gasteiger partial charge on any atom is 0.272 e. The number of carbonyl (C=O) groups is 1. The molecule has 1 saturated heterocycles. The van der Waals surface area contributed by atoms with E-state index in [-0.39, 0.29) is 5.91 Å². The number of oxazole rings is 1. The zero-order valence-electron chi connectivity index (χ0n) is 14.5. The average Bonchev–Trinajstić information content (AvgIpc) is 3.19. The van der Waals surface area contributed by atoms with E-state index in [1.54, 1.807) is 35.5 Å². The van der Waals surface area contributed by atoms with Gasteiger partial charge in [0.25, 0.3) is 5.91 Å². The fourth-order valence-electron chi connectivity index (χ4n) is 3.02. The van der Waals surface area contributed by atoms with Crippen LogP contribution < -0.4 is 0 Å². The zero-order chi connectivity index (χ0) is 18.6. The highest BCUT2D eigenvalue weighted by molar-refractivity contribution is 6.31. The first-order valence-corrected chi connectivity index (χ1v) is 9.08. The van der Waals surface area contributed by atoms with Crippen molar-refractivity contribution in [3.63, 3.8) is 0 Å². The zero-order valence-corrected chi connectivity index (χ0v) is 15.3. The molecule has 1 atom stereocenters. The molecule has 27 heavy (non-hydrogen) atoms. The Balaban J connectivity index is 1.45. The molecule has 0 N–H and O–H groups in total. The van der Waals surface area contributed by atoms with Gasteiger partial charge in [-0.05, 0) is 23.8 Å². The van der Waals surface area contributed by atoms with Crippen LogP contribution in [-0.2, 0) is 11.2 Å². The fraction of sp³-hybridized carbons (Fsp3) is 0.250. The Bertz CT molecular complexity index is 929. The van der Waals surface area contributed by atoms with Crippen LogP contribution in [0.15, 0.2) is 59.3 Å². The molecule has 0 aliphatic carbocycles. The average molecular weight is 384 g/mol. The van der Waals surface area contributed by atoms with Gasteiger partial charge in [-0.1, -0.05) is 35.9 Å². The second kappa shape index (κ2) is 7.90. The topological polar surface area (TPSA) is 68.5 Å². The summed E-state index contributed by atoms with van der Waals surface area (Å²) < 4.78 is 11.6. The lowest BCUT2D eigenvalue weighted by atomic mass is 10.1. The molecule has 1 amide bonds. The Labute approximate surface area is 161 Å². The first-order chi connectivity index (χ1) is 13.2. The van der Waals surface area contributed by atoms with Gasteiger partial charge in [0, 0.05) is 24.2 Å². The molecule has 1 aliphatic rings. The monoisotopic (exact) mass is 383 g/mol. The van der Waals surface area contributed by atoms with Gasteiger partial charge in [0.05, 0.1) is 19.3 Å². The van der Waals surface area contributed by atoms with Gasteiger partial charge in [0.1, 0.15) is 11.5 Å². The summed E-state index contributed by atoms with van der Waals surface area (Å²) in [4.78, 5) is 22.8. The minimum Gasteiger partial charge on any atom is -0.442 e. The Kier molecular flexibility index (Phi) is 5.18. The molecular formula is C20H18ClN3O3. The maximum atomic E-state index is 12.6. The summed E-state index contributed by atoms with van der Waals surface area (Å²) in [7, 11) is 0. The van der Waals surface area contributed by atoms with Crippen molar-refractivity contribution in [3.05, 3.63) is 82.8 Å². The predicted octanol–water partition coefficient (Wildman–Crippen LogP) is 3.53.